The number of hydrogen-bond donors (Lipinski definition) is 1. The second-order valence-corrected chi connectivity index (χ2v) is 7.09. The maximum Gasteiger partial charge on any atom is 0.250 e. The normalized spacial score (nSPS) is 17.1. The van der Waals surface area contributed by atoms with Crippen LogP contribution in [-0.4, -0.2) is 37.7 Å². The van der Waals surface area contributed by atoms with E-state index >= 15 is 0 Å². The number of fused-ring (bicyclic) bond motifs is 1. The molecule has 3 aromatic heterocycles. The molecule has 1 aromatic carbocycles. The highest BCUT2D eigenvalue weighted by atomic mass is 16.1. The zero-order valence-corrected chi connectivity index (χ0v) is 15.3. The average molecular weight is 372 g/mol. The number of aromatic amines is 1. The van der Waals surface area contributed by atoms with Crippen LogP contribution >= 0.6 is 0 Å². The van der Waals surface area contributed by atoms with E-state index < -0.39 is 0 Å². The summed E-state index contributed by atoms with van der Waals surface area (Å²) in [5, 5.41) is 4.48. The predicted molar refractivity (Wildman–Crippen MR) is 107 cm³/mol. The highest BCUT2D eigenvalue weighted by Gasteiger charge is 2.25. The quantitative estimate of drug-likeness (QED) is 0.598. The van der Waals surface area contributed by atoms with Crippen LogP contribution in [0.15, 0.2) is 65.8 Å². The van der Waals surface area contributed by atoms with Crippen LogP contribution in [0.2, 0.25) is 0 Å². The van der Waals surface area contributed by atoms with Gasteiger partial charge < -0.3 is 9.88 Å². The number of hydrogen-bond acceptors (Lipinski definition) is 5. The number of piperidine rings is 1. The zero-order valence-electron chi connectivity index (χ0n) is 15.3. The van der Waals surface area contributed by atoms with Gasteiger partial charge >= 0.3 is 0 Å². The summed E-state index contributed by atoms with van der Waals surface area (Å²) < 4.78 is 1.89. The molecule has 1 atom stereocenters. The Hall–Kier alpha value is -3.48. The molecular formula is C21H20N6O. The van der Waals surface area contributed by atoms with Gasteiger partial charge in [0.25, 0.3) is 5.56 Å². The molecule has 7 heteroatoms. The van der Waals surface area contributed by atoms with Crippen LogP contribution in [0.25, 0.3) is 16.9 Å². The predicted octanol–water partition coefficient (Wildman–Crippen LogP) is 2.86. The lowest BCUT2D eigenvalue weighted by Gasteiger charge is -2.34. The maximum atomic E-state index is 11.7. The number of nitrogens with one attached hydrogen (secondary N) is 1. The van der Waals surface area contributed by atoms with Gasteiger partial charge in [-0.25, -0.2) is 9.97 Å². The van der Waals surface area contributed by atoms with E-state index in [9.17, 15) is 4.79 Å². The first-order valence-corrected chi connectivity index (χ1v) is 9.48. The number of benzene rings is 1. The lowest BCUT2D eigenvalue weighted by atomic mass is 9.94. The van der Waals surface area contributed by atoms with E-state index in [-0.39, 0.29) is 11.5 Å². The molecule has 28 heavy (non-hydrogen) atoms. The van der Waals surface area contributed by atoms with Crippen molar-refractivity contribution in [3.8, 4) is 11.3 Å². The Labute approximate surface area is 161 Å². The van der Waals surface area contributed by atoms with E-state index in [1.165, 1.54) is 6.33 Å². The first-order valence-electron chi connectivity index (χ1n) is 9.48. The third-order valence-electron chi connectivity index (χ3n) is 5.27. The Morgan fingerprint density at radius 2 is 2.00 bits per heavy atom. The van der Waals surface area contributed by atoms with Crippen LogP contribution in [0.3, 0.4) is 0 Å². The summed E-state index contributed by atoms with van der Waals surface area (Å²) in [6, 6.07) is 15.8. The minimum atomic E-state index is -0.105. The average Bonchev–Trinajstić information content (AvgIpc) is 3.22. The van der Waals surface area contributed by atoms with Crippen molar-refractivity contribution in [3.05, 3.63) is 77.1 Å². The van der Waals surface area contributed by atoms with Gasteiger partial charge in [0, 0.05) is 42.8 Å². The third-order valence-corrected chi connectivity index (χ3v) is 5.27. The standard InChI is InChI=1S/C21H20N6O/c28-20-11-17(22-14-23-20)16-7-4-10-26(13-16)21-12-18(15-5-2-1-3-6-15)25-19-8-9-24-27(19)21/h1-3,5-6,8-9,11-12,14,16H,4,7,10,13H2,(H,22,23,28). The van der Waals surface area contributed by atoms with Gasteiger partial charge in [-0.05, 0) is 12.8 Å². The molecule has 0 radical (unpaired) electrons. The first kappa shape index (κ1) is 16.7. The van der Waals surface area contributed by atoms with E-state index in [0.717, 1.165) is 54.3 Å². The van der Waals surface area contributed by atoms with Crippen molar-refractivity contribution < 1.29 is 0 Å². The zero-order chi connectivity index (χ0) is 18.9. The Morgan fingerprint density at radius 3 is 2.86 bits per heavy atom. The fourth-order valence-electron chi connectivity index (χ4n) is 3.91. The van der Waals surface area contributed by atoms with Gasteiger partial charge in [0.15, 0.2) is 5.65 Å². The molecule has 4 heterocycles. The lowest BCUT2D eigenvalue weighted by Crippen LogP contribution is -2.36. The molecule has 0 spiro atoms. The number of anilines is 1. The molecule has 7 nitrogen and oxygen atoms in total. The van der Waals surface area contributed by atoms with Crippen LogP contribution in [0.1, 0.15) is 24.5 Å². The lowest BCUT2D eigenvalue weighted by molar-refractivity contribution is 0.494. The molecule has 0 saturated carbocycles. The van der Waals surface area contributed by atoms with Crippen molar-refractivity contribution in [2.45, 2.75) is 18.8 Å². The summed E-state index contributed by atoms with van der Waals surface area (Å²) in [6.45, 7) is 1.73. The van der Waals surface area contributed by atoms with Gasteiger partial charge in [-0.15, -0.1) is 0 Å². The summed E-state index contributed by atoms with van der Waals surface area (Å²) >= 11 is 0. The molecule has 1 N–H and O–H groups in total. The molecule has 140 valence electrons. The Morgan fingerprint density at radius 1 is 1.11 bits per heavy atom. The van der Waals surface area contributed by atoms with Gasteiger partial charge in [0.05, 0.1) is 23.9 Å². The Bertz CT molecular complexity index is 1170. The molecule has 1 aliphatic rings. The van der Waals surface area contributed by atoms with Crippen molar-refractivity contribution in [2.24, 2.45) is 0 Å². The van der Waals surface area contributed by atoms with Crippen LogP contribution in [0.4, 0.5) is 5.82 Å². The van der Waals surface area contributed by atoms with Gasteiger partial charge in [-0.1, -0.05) is 30.3 Å². The van der Waals surface area contributed by atoms with Gasteiger partial charge in [0.2, 0.25) is 0 Å². The first-order chi connectivity index (χ1) is 13.8. The summed E-state index contributed by atoms with van der Waals surface area (Å²) in [6.07, 6.45) is 5.32. The van der Waals surface area contributed by atoms with Crippen LogP contribution in [0, 0.1) is 0 Å². The van der Waals surface area contributed by atoms with Crippen LogP contribution < -0.4 is 10.5 Å². The minimum absolute atomic E-state index is 0.105. The Balaban J connectivity index is 1.54. The fourth-order valence-corrected chi connectivity index (χ4v) is 3.91. The summed E-state index contributed by atoms with van der Waals surface area (Å²) in [7, 11) is 0. The smallest absolute Gasteiger partial charge is 0.250 e. The molecule has 4 aromatic rings. The van der Waals surface area contributed by atoms with E-state index in [0.29, 0.717) is 0 Å². The van der Waals surface area contributed by atoms with Gasteiger partial charge in [-0.2, -0.15) is 9.61 Å². The van der Waals surface area contributed by atoms with E-state index in [4.69, 9.17) is 4.98 Å². The number of nitrogens with zero attached hydrogens (tertiary/aromatic N) is 5. The second kappa shape index (κ2) is 6.92. The molecule has 5 rings (SSSR count). The fraction of sp³-hybridized carbons (Fsp3) is 0.238. The van der Waals surface area contributed by atoms with Gasteiger partial charge in [-0.3, -0.25) is 4.79 Å². The number of aromatic nitrogens is 5. The molecule has 1 fully saturated rings. The monoisotopic (exact) mass is 372 g/mol. The summed E-state index contributed by atoms with van der Waals surface area (Å²) in [4.78, 5) is 25.8. The van der Waals surface area contributed by atoms with Crippen molar-refractivity contribution in [2.75, 3.05) is 18.0 Å². The number of H-pyrrole nitrogens is 1. The summed E-state index contributed by atoms with van der Waals surface area (Å²) in [5.41, 5.74) is 3.58. The second-order valence-electron chi connectivity index (χ2n) is 7.09. The van der Waals surface area contributed by atoms with Gasteiger partial charge in [0.1, 0.15) is 5.82 Å². The highest BCUT2D eigenvalue weighted by Crippen LogP contribution is 2.30. The summed E-state index contributed by atoms with van der Waals surface area (Å²) in [5.74, 6) is 1.23. The highest BCUT2D eigenvalue weighted by molar-refractivity contribution is 5.67. The molecule has 1 saturated heterocycles. The van der Waals surface area contributed by atoms with Crippen LogP contribution in [-0.2, 0) is 0 Å². The molecular weight excluding hydrogens is 352 g/mol. The Kier molecular flexibility index (Phi) is 4.12. The molecule has 1 unspecified atom stereocenters. The molecule has 0 bridgehead atoms. The maximum absolute atomic E-state index is 11.7. The molecule has 1 aliphatic heterocycles. The number of rotatable bonds is 3. The van der Waals surface area contributed by atoms with E-state index in [1.807, 2.05) is 28.8 Å². The largest absolute Gasteiger partial charge is 0.356 e. The van der Waals surface area contributed by atoms with Crippen molar-refractivity contribution >= 4 is 11.5 Å². The SMILES string of the molecule is O=c1cc(C2CCCN(c3cc(-c4ccccc4)nc4ccnn34)C2)nc[nH]1. The van der Waals surface area contributed by atoms with Crippen molar-refractivity contribution in [3.63, 3.8) is 0 Å². The topological polar surface area (TPSA) is 79.2 Å². The van der Waals surface area contributed by atoms with Crippen LogP contribution in [0.5, 0.6) is 0 Å². The van der Waals surface area contributed by atoms with E-state index in [2.05, 4.69) is 38.2 Å². The molecule has 0 amide bonds. The van der Waals surface area contributed by atoms with E-state index in [1.54, 1.807) is 12.3 Å². The molecule has 0 aliphatic carbocycles. The van der Waals surface area contributed by atoms with Crippen molar-refractivity contribution in [1.82, 2.24) is 24.6 Å². The third kappa shape index (κ3) is 3.05. The minimum Gasteiger partial charge on any atom is -0.356 e. The van der Waals surface area contributed by atoms with Crippen molar-refractivity contribution in [1.29, 1.82) is 0 Å².